The van der Waals surface area contributed by atoms with Crippen LogP contribution in [0.25, 0.3) is 5.65 Å². The predicted molar refractivity (Wildman–Crippen MR) is 60.7 cm³/mol. The van der Waals surface area contributed by atoms with Crippen LogP contribution in [0.4, 0.5) is 0 Å². The second-order valence-corrected chi connectivity index (χ2v) is 4.41. The van der Waals surface area contributed by atoms with E-state index in [2.05, 4.69) is 10.2 Å². The molecule has 1 aliphatic rings. The van der Waals surface area contributed by atoms with Crippen molar-refractivity contribution in [1.29, 1.82) is 0 Å². The van der Waals surface area contributed by atoms with E-state index in [0.717, 1.165) is 37.3 Å². The summed E-state index contributed by atoms with van der Waals surface area (Å²) in [5, 5.41) is 8.89. The molecule has 3 rings (SSSR count). The van der Waals surface area contributed by atoms with Crippen molar-refractivity contribution in [3.05, 3.63) is 29.2 Å². The van der Waals surface area contributed by atoms with E-state index in [1.807, 2.05) is 22.7 Å². The normalized spacial score (nSPS) is 20.7. The van der Waals surface area contributed by atoms with E-state index in [-0.39, 0.29) is 6.10 Å². The maximum Gasteiger partial charge on any atom is 0.179 e. The fourth-order valence-electron chi connectivity index (χ4n) is 2.08. The van der Waals surface area contributed by atoms with Crippen LogP contribution >= 0.6 is 11.6 Å². The highest BCUT2D eigenvalue weighted by atomic mass is 35.5. The largest absolute Gasteiger partial charge is 0.378 e. The maximum absolute atomic E-state index is 6.03. The van der Waals surface area contributed by atoms with Gasteiger partial charge in [0.15, 0.2) is 5.65 Å². The van der Waals surface area contributed by atoms with Gasteiger partial charge in [0.2, 0.25) is 0 Å². The quantitative estimate of drug-likeness (QED) is 0.803. The molecule has 3 heterocycles. The van der Waals surface area contributed by atoms with E-state index < -0.39 is 0 Å². The number of fused-ring (bicyclic) bond motifs is 1. The third-order valence-corrected chi connectivity index (χ3v) is 3.19. The minimum Gasteiger partial charge on any atom is -0.378 e. The van der Waals surface area contributed by atoms with Gasteiger partial charge in [-0.1, -0.05) is 11.6 Å². The first-order valence-corrected chi connectivity index (χ1v) is 5.82. The van der Waals surface area contributed by atoms with E-state index in [0.29, 0.717) is 5.02 Å². The number of hydrogen-bond acceptors (Lipinski definition) is 3. The van der Waals surface area contributed by atoms with Gasteiger partial charge in [-0.15, -0.1) is 10.2 Å². The second kappa shape index (κ2) is 4.03. The molecule has 4 nitrogen and oxygen atoms in total. The lowest BCUT2D eigenvalue weighted by atomic mass is 10.2. The first-order valence-electron chi connectivity index (χ1n) is 5.44. The van der Waals surface area contributed by atoms with Crippen LogP contribution in [0.2, 0.25) is 5.02 Å². The Labute approximate surface area is 98.2 Å². The van der Waals surface area contributed by atoms with Gasteiger partial charge in [0.05, 0.1) is 11.1 Å². The summed E-state index contributed by atoms with van der Waals surface area (Å²) in [7, 11) is 0. The van der Waals surface area contributed by atoms with Crippen molar-refractivity contribution in [2.75, 3.05) is 6.61 Å². The highest BCUT2D eigenvalue weighted by molar-refractivity contribution is 6.33. The Bertz CT molecular complexity index is 505. The standard InChI is InChI=1S/C11H12ClN3O/c12-9-4-1-5-15-10(13-14-11(9)15)7-8-3-2-6-16-8/h1,4-5,8H,2-3,6-7H2. The van der Waals surface area contributed by atoms with Crippen LogP contribution in [0.1, 0.15) is 18.7 Å². The molecule has 84 valence electrons. The van der Waals surface area contributed by atoms with E-state index in [1.165, 1.54) is 0 Å². The molecule has 16 heavy (non-hydrogen) atoms. The molecule has 1 atom stereocenters. The van der Waals surface area contributed by atoms with Crippen LogP contribution < -0.4 is 0 Å². The van der Waals surface area contributed by atoms with E-state index >= 15 is 0 Å². The molecule has 0 radical (unpaired) electrons. The summed E-state index contributed by atoms with van der Waals surface area (Å²) in [6.07, 6.45) is 5.27. The summed E-state index contributed by atoms with van der Waals surface area (Å²) >= 11 is 6.03. The highest BCUT2D eigenvalue weighted by Crippen LogP contribution is 2.19. The number of aromatic nitrogens is 3. The average molecular weight is 238 g/mol. The summed E-state index contributed by atoms with van der Waals surface area (Å²) in [5.74, 6) is 0.921. The van der Waals surface area contributed by atoms with Crippen LogP contribution in [-0.4, -0.2) is 27.3 Å². The molecular weight excluding hydrogens is 226 g/mol. The van der Waals surface area contributed by atoms with Crippen LogP contribution in [0.3, 0.4) is 0 Å². The lowest BCUT2D eigenvalue weighted by Crippen LogP contribution is -2.11. The number of halogens is 1. The molecule has 1 unspecified atom stereocenters. The van der Waals surface area contributed by atoms with Crippen molar-refractivity contribution in [2.45, 2.75) is 25.4 Å². The monoisotopic (exact) mass is 237 g/mol. The maximum atomic E-state index is 6.03. The Balaban J connectivity index is 1.94. The molecule has 1 aliphatic heterocycles. The first kappa shape index (κ1) is 10.1. The number of hydrogen-bond donors (Lipinski definition) is 0. The van der Waals surface area contributed by atoms with Crippen molar-refractivity contribution in [1.82, 2.24) is 14.6 Å². The zero-order valence-electron chi connectivity index (χ0n) is 8.77. The predicted octanol–water partition coefficient (Wildman–Crippen LogP) is 2.10. The molecule has 2 aromatic rings. The van der Waals surface area contributed by atoms with Crippen molar-refractivity contribution < 1.29 is 4.74 Å². The molecule has 0 amide bonds. The Morgan fingerprint density at radius 1 is 1.50 bits per heavy atom. The minimum absolute atomic E-state index is 0.284. The first-order chi connectivity index (χ1) is 7.84. The summed E-state index contributed by atoms with van der Waals surface area (Å²) < 4.78 is 7.53. The smallest absolute Gasteiger partial charge is 0.179 e. The van der Waals surface area contributed by atoms with E-state index in [1.54, 1.807) is 0 Å². The van der Waals surface area contributed by atoms with Crippen LogP contribution in [-0.2, 0) is 11.2 Å². The van der Waals surface area contributed by atoms with Gasteiger partial charge >= 0.3 is 0 Å². The minimum atomic E-state index is 0.284. The number of pyridine rings is 1. The topological polar surface area (TPSA) is 39.4 Å². The zero-order valence-corrected chi connectivity index (χ0v) is 9.52. The summed E-state index contributed by atoms with van der Waals surface area (Å²) in [5.41, 5.74) is 0.720. The third-order valence-electron chi connectivity index (χ3n) is 2.89. The van der Waals surface area contributed by atoms with Gasteiger partial charge in [-0.05, 0) is 25.0 Å². The van der Waals surface area contributed by atoms with E-state index in [4.69, 9.17) is 16.3 Å². The van der Waals surface area contributed by atoms with Gasteiger partial charge in [-0.3, -0.25) is 4.40 Å². The van der Waals surface area contributed by atoms with Gasteiger partial charge < -0.3 is 4.74 Å². The fraction of sp³-hybridized carbons (Fsp3) is 0.455. The molecule has 5 heteroatoms. The molecule has 1 saturated heterocycles. The molecule has 0 aromatic carbocycles. The molecule has 0 spiro atoms. The molecular formula is C11H12ClN3O. The van der Waals surface area contributed by atoms with Gasteiger partial charge in [0.25, 0.3) is 0 Å². The molecule has 0 bridgehead atoms. The van der Waals surface area contributed by atoms with Crippen molar-refractivity contribution in [3.8, 4) is 0 Å². The Kier molecular flexibility index (Phi) is 2.53. The lowest BCUT2D eigenvalue weighted by molar-refractivity contribution is 0.109. The molecule has 0 aliphatic carbocycles. The SMILES string of the molecule is Clc1cccn2c(CC3CCCO3)nnc12. The Hall–Kier alpha value is -1.13. The average Bonchev–Trinajstić information content (AvgIpc) is 2.90. The molecule has 2 aromatic heterocycles. The lowest BCUT2D eigenvalue weighted by Gasteiger charge is -2.07. The van der Waals surface area contributed by atoms with E-state index in [9.17, 15) is 0 Å². The van der Waals surface area contributed by atoms with Crippen molar-refractivity contribution in [3.63, 3.8) is 0 Å². The molecule has 1 fully saturated rings. The summed E-state index contributed by atoms with van der Waals surface area (Å²) in [6.45, 7) is 0.863. The second-order valence-electron chi connectivity index (χ2n) is 4.01. The highest BCUT2D eigenvalue weighted by Gasteiger charge is 2.19. The van der Waals surface area contributed by atoms with Gasteiger partial charge in [0, 0.05) is 19.2 Å². The summed E-state index contributed by atoms with van der Waals surface area (Å²) in [6, 6.07) is 3.72. The fourth-order valence-corrected chi connectivity index (χ4v) is 2.28. The Morgan fingerprint density at radius 2 is 2.44 bits per heavy atom. The van der Waals surface area contributed by atoms with Crippen molar-refractivity contribution in [2.24, 2.45) is 0 Å². The number of rotatable bonds is 2. The number of ether oxygens (including phenoxy) is 1. The van der Waals surface area contributed by atoms with Gasteiger partial charge in [-0.25, -0.2) is 0 Å². The van der Waals surface area contributed by atoms with Crippen molar-refractivity contribution >= 4 is 17.2 Å². The van der Waals surface area contributed by atoms with Gasteiger partial charge in [-0.2, -0.15) is 0 Å². The zero-order chi connectivity index (χ0) is 11.0. The Morgan fingerprint density at radius 3 is 3.25 bits per heavy atom. The summed E-state index contributed by atoms with van der Waals surface area (Å²) in [4.78, 5) is 0. The van der Waals surface area contributed by atoms with Crippen LogP contribution in [0.5, 0.6) is 0 Å². The van der Waals surface area contributed by atoms with Gasteiger partial charge in [0.1, 0.15) is 5.82 Å². The van der Waals surface area contributed by atoms with Crippen LogP contribution in [0, 0.1) is 0 Å². The molecule has 0 saturated carbocycles. The number of nitrogens with zero attached hydrogens (tertiary/aromatic N) is 3. The third kappa shape index (κ3) is 1.68. The van der Waals surface area contributed by atoms with Crippen LogP contribution in [0.15, 0.2) is 18.3 Å². The molecule has 0 N–H and O–H groups in total.